The lowest BCUT2D eigenvalue weighted by molar-refractivity contribution is -0.143. The molecule has 4 aliphatic carbocycles. The van der Waals surface area contributed by atoms with Crippen LogP contribution >= 0.6 is 0 Å². The summed E-state index contributed by atoms with van der Waals surface area (Å²) in [5.41, 5.74) is 2.22. The maximum Gasteiger partial charge on any atom is 0.240 e. The summed E-state index contributed by atoms with van der Waals surface area (Å²) in [6.45, 7) is 0.314. The topological polar surface area (TPSA) is 82.3 Å². The van der Waals surface area contributed by atoms with Crippen LogP contribution in [-0.4, -0.2) is 40.7 Å². The predicted octanol–water partition coefficient (Wildman–Crippen LogP) is 1.88. The minimum Gasteiger partial charge on any atom is -0.361 e. The highest BCUT2D eigenvalue weighted by Gasteiger charge is 2.67. The van der Waals surface area contributed by atoms with Crippen molar-refractivity contribution >= 4 is 28.6 Å². The number of imide groups is 1. The van der Waals surface area contributed by atoms with Crippen LogP contribution in [0.5, 0.6) is 0 Å². The van der Waals surface area contributed by atoms with Crippen molar-refractivity contribution in [1.29, 1.82) is 0 Å². The molecule has 29 heavy (non-hydrogen) atoms. The second-order valence-electron chi connectivity index (χ2n) is 8.88. The van der Waals surface area contributed by atoms with Crippen LogP contribution < -0.4 is 5.32 Å². The van der Waals surface area contributed by atoms with Gasteiger partial charge in [0.05, 0.1) is 11.8 Å². The summed E-state index contributed by atoms with van der Waals surface area (Å²) in [6, 6.07) is 8.05. The first-order chi connectivity index (χ1) is 14.1. The van der Waals surface area contributed by atoms with Gasteiger partial charge in [0.1, 0.15) is 6.54 Å². The molecule has 1 aromatic heterocycles. The molecular formula is C23H23N3O3. The summed E-state index contributed by atoms with van der Waals surface area (Å²) in [5, 5.41) is 4.03. The molecule has 2 heterocycles. The number of nitrogens with one attached hydrogen (secondary N) is 2. The van der Waals surface area contributed by atoms with Crippen molar-refractivity contribution < 1.29 is 14.4 Å². The summed E-state index contributed by atoms with van der Waals surface area (Å²) >= 11 is 0. The predicted molar refractivity (Wildman–Crippen MR) is 106 cm³/mol. The van der Waals surface area contributed by atoms with Gasteiger partial charge in [-0.2, -0.15) is 0 Å². The number of carbonyl (C=O) groups is 3. The molecule has 2 N–H and O–H groups in total. The SMILES string of the molecule is O=C(CN1C(=O)[C@@H]2[C@H]3C=C[C@@H]([C@@H]4C[C@H]34)[C@H]2C1=O)NCCc1c[nH]c2ccccc12. The van der Waals surface area contributed by atoms with Gasteiger partial charge in [-0.3, -0.25) is 19.3 Å². The lowest BCUT2D eigenvalue weighted by atomic mass is 9.63. The van der Waals surface area contributed by atoms with Gasteiger partial charge >= 0.3 is 0 Å². The molecule has 3 amide bonds. The van der Waals surface area contributed by atoms with Gasteiger partial charge in [0.15, 0.2) is 0 Å². The molecule has 0 unspecified atom stereocenters. The van der Waals surface area contributed by atoms with Crippen LogP contribution in [0.1, 0.15) is 12.0 Å². The first kappa shape index (κ1) is 17.0. The van der Waals surface area contributed by atoms with Gasteiger partial charge < -0.3 is 10.3 Å². The molecule has 148 valence electrons. The Kier molecular flexibility index (Phi) is 3.55. The van der Waals surface area contributed by atoms with Crippen LogP contribution in [0.4, 0.5) is 0 Å². The Balaban J connectivity index is 1.09. The van der Waals surface area contributed by atoms with E-state index in [-0.39, 0.29) is 47.9 Å². The van der Waals surface area contributed by atoms with Gasteiger partial charge in [-0.15, -0.1) is 0 Å². The third kappa shape index (κ3) is 2.44. The van der Waals surface area contributed by atoms with E-state index in [1.807, 2.05) is 24.4 Å². The molecule has 1 aliphatic heterocycles. The number of likely N-dealkylation sites (tertiary alicyclic amines) is 1. The zero-order chi connectivity index (χ0) is 19.7. The molecule has 2 aromatic rings. The Labute approximate surface area is 168 Å². The van der Waals surface area contributed by atoms with E-state index in [1.54, 1.807) is 0 Å². The Bertz CT molecular complexity index is 1030. The maximum absolute atomic E-state index is 12.9. The number of hydrogen-bond acceptors (Lipinski definition) is 3. The zero-order valence-corrected chi connectivity index (χ0v) is 16.0. The van der Waals surface area contributed by atoms with E-state index in [0.717, 1.165) is 22.9 Å². The number of fused-ring (bicyclic) bond motifs is 1. The van der Waals surface area contributed by atoms with Crippen LogP contribution in [0.25, 0.3) is 10.9 Å². The van der Waals surface area contributed by atoms with Crippen molar-refractivity contribution in [3.05, 3.63) is 48.2 Å². The average molecular weight is 389 g/mol. The van der Waals surface area contributed by atoms with Crippen molar-refractivity contribution in [2.75, 3.05) is 13.1 Å². The van der Waals surface area contributed by atoms with E-state index < -0.39 is 0 Å². The average Bonchev–Trinajstić information content (AvgIpc) is 3.42. The monoisotopic (exact) mass is 389 g/mol. The van der Waals surface area contributed by atoms with E-state index in [4.69, 9.17) is 0 Å². The summed E-state index contributed by atoms with van der Waals surface area (Å²) in [6.07, 6.45) is 8.10. The Morgan fingerprint density at radius 3 is 2.48 bits per heavy atom. The Morgan fingerprint density at radius 2 is 1.76 bits per heavy atom. The first-order valence-electron chi connectivity index (χ1n) is 10.5. The minimum absolute atomic E-state index is 0.142. The molecule has 5 aliphatic rings. The van der Waals surface area contributed by atoms with Crippen LogP contribution in [0.15, 0.2) is 42.6 Å². The van der Waals surface area contributed by atoms with Crippen molar-refractivity contribution in [1.82, 2.24) is 15.2 Å². The number of carbonyl (C=O) groups excluding carboxylic acids is 3. The van der Waals surface area contributed by atoms with Gasteiger partial charge in [-0.25, -0.2) is 0 Å². The number of hydrogen-bond donors (Lipinski definition) is 2. The number of nitrogens with zero attached hydrogens (tertiary/aromatic N) is 1. The fourth-order valence-corrected chi connectivity index (χ4v) is 6.05. The van der Waals surface area contributed by atoms with Gasteiger partial charge in [0.25, 0.3) is 0 Å². The fraction of sp³-hybridized carbons (Fsp3) is 0.435. The van der Waals surface area contributed by atoms with Gasteiger partial charge in [0, 0.05) is 23.6 Å². The van der Waals surface area contributed by atoms with E-state index in [0.29, 0.717) is 24.8 Å². The fourth-order valence-electron chi connectivity index (χ4n) is 6.05. The summed E-state index contributed by atoms with van der Waals surface area (Å²) in [7, 11) is 0. The highest BCUT2D eigenvalue weighted by atomic mass is 16.2. The van der Waals surface area contributed by atoms with Crippen LogP contribution in [0, 0.1) is 35.5 Å². The first-order valence-corrected chi connectivity index (χ1v) is 10.5. The molecule has 2 saturated carbocycles. The highest BCUT2D eigenvalue weighted by Crippen LogP contribution is 2.65. The molecule has 6 nitrogen and oxygen atoms in total. The molecule has 1 aromatic carbocycles. The number of H-pyrrole nitrogens is 1. The van der Waals surface area contributed by atoms with E-state index in [9.17, 15) is 14.4 Å². The minimum atomic E-state index is -0.268. The standard InChI is InChI=1S/C23H23N3O3/c27-19(24-8-7-12-10-25-18-4-2-1-3-13(12)18)11-26-22(28)20-14-5-6-15(17-9-16(14)17)21(20)23(26)29/h1-6,10,14-17,20-21,25H,7-9,11H2,(H,24,27)/t14-,15-,16-,17+,20+,21+/m0/s1. The van der Waals surface area contributed by atoms with E-state index >= 15 is 0 Å². The summed E-state index contributed by atoms with van der Waals surface area (Å²) in [4.78, 5) is 42.8. The van der Waals surface area contributed by atoms with E-state index in [1.165, 1.54) is 4.90 Å². The van der Waals surface area contributed by atoms with Crippen LogP contribution in [0.2, 0.25) is 0 Å². The van der Waals surface area contributed by atoms with Crippen LogP contribution in [0.3, 0.4) is 0 Å². The highest BCUT2D eigenvalue weighted by molar-refractivity contribution is 6.08. The molecule has 0 spiro atoms. The van der Waals surface area contributed by atoms with Crippen molar-refractivity contribution in [3.8, 4) is 0 Å². The Morgan fingerprint density at radius 1 is 1.07 bits per heavy atom. The number of amides is 3. The maximum atomic E-state index is 12.9. The number of allylic oxidation sites excluding steroid dienone is 2. The number of rotatable bonds is 5. The molecule has 2 bridgehead atoms. The lowest BCUT2D eigenvalue weighted by Gasteiger charge is -2.37. The molecule has 6 atom stereocenters. The van der Waals surface area contributed by atoms with Gasteiger partial charge in [-0.05, 0) is 48.1 Å². The second kappa shape index (κ2) is 6.05. The van der Waals surface area contributed by atoms with Gasteiger partial charge in [0.2, 0.25) is 17.7 Å². The molecule has 3 fully saturated rings. The van der Waals surface area contributed by atoms with Crippen molar-refractivity contribution in [3.63, 3.8) is 0 Å². The second-order valence-corrected chi connectivity index (χ2v) is 8.88. The zero-order valence-electron chi connectivity index (χ0n) is 16.0. The normalized spacial score (nSPS) is 33.9. The number of para-hydroxylation sites is 1. The molecule has 7 rings (SSSR count). The quantitative estimate of drug-likeness (QED) is 0.605. The van der Waals surface area contributed by atoms with Crippen molar-refractivity contribution in [2.45, 2.75) is 12.8 Å². The third-order valence-corrected chi connectivity index (χ3v) is 7.45. The van der Waals surface area contributed by atoms with Crippen molar-refractivity contribution in [2.24, 2.45) is 35.5 Å². The molecule has 6 heteroatoms. The number of benzene rings is 1. The lowest BCUT2D eigenvalue weighted by Crippen LogP contribution is -2.41. The summed E-state index contributed by atoms with van der Waals surface area (Å²) in [5.74, 6) is 0.521. The smallest absolute Gasteiger partial charge is 0.240 e. The van der Waals surface area contributed by atoms with E-state index in [2.05, 4.69) is 28.5 Å². The molecular weight excluding hydrogens is 366 g/mol. The number of aromatic amines is 1. The Hall–Kier alpha value is -2.89. The molecule has 0 radical (unpaired) electrons. The van der Waals surface area contributed by atoms with Gasteiger partial charge in [-0.1, -0.05) is 30.4 Å². The third-order valence-electron chi connectivity index (χ3n) is 7.45. The molecule has 1 saturated heterocycles. The largest absolute Gasteiger partial charge is 0.361 e. The summed E-state index contributed by atoms with van der Waals surface area (Å²) < 4.78 is 0. The number of aromatic nitrogens is 1. The van der Waals surface area contributed by atoms with Crippen LogP contribution in [-0.2, 0) is 20.8 Å².